The van der Waals surface area contributed by atoms with Crippen molar-refractivity contribution < 1.29 is 5.11 Å². The van der Waals surface area contributed by atoms with E-state index in [1.54, 1.807) is 0 Å². The van der Waals surface area contributed by atoms with Gasteiger partial charge in [-0.25, -0.2) is 0 Å². The van der Waals surface area contributed by atoms with E-state index in [-0.39, 0.29) is 0 Å². The summed E-state index contributed by atoms with van der Waals surface area (Å²) in [6.07, 6.45) is 3.97. The Morgan fingerprint density at radius 3 is 2.61 bits per heavy atom. The molecule has 1 fully saturated rings. The van der Waals surface area contributed by atoms with Crippen LogP contribution in [0.5, 0.6) is 0 Å². The van der Waals surface area contributed by atoms with E-state index in [1.807, 2.05) is 0 Å². The molecule has 2 rings (SSSR count). The fraction of sp³-hybridized carbons (Fsp3) is 0.647. The molecule has 2 atom stereocenters. The molecular formula is C17H26O. The molecule has 2 unspecified atom stereocenters. The molecule has 1 aliphatic carbocycles. The van der Waals surface area contributed by atoms with Gasteiger partial charge >= 0.3 is 0 Å². The van der Waals surface area contributed by atoms with Crippen LogP contribution in [0.3, 0.4) is 0 Å². The zero-order valence-corrected chi connectivity index (χ0v) is 12.2. The number of aliphatic hydroxyl groups is 1. The van der Waals surface area contributed by atoms with Gasteiger partial charge in [-0.05, 0) is 43.1 Å². The summed E-state index contributed by atoms with van der Waals surface area (Å²) < 4.78 is 0. The van der Waals surface area contributed by atoms with Crippen LogP contribution in [-0.4, -0.2) is 10.7 Å². The average molecular weight is 246 g/mol. The molecule has 1 heteroatoms. The van der Waals surface area contributed by atoms with Gasteiger partial charge in [0.05, 0.1) is 5.60 Å². The lowest BCUT2D eigenvalue weighted by atomic mass is 9.64. The molecule has 0 aromatic heterocycles. The molecule has 1 N–H and O–H groups in total. The van der Waals surface area contributed by atoms with E-state index in [0.29, 0.717) is 11.3 Å². The quantitative estimate of drug-likeness (QED) is 0.832. The van der Waals surface area contributed by atoms with Crippen molar-refractivity contribution >= 4 is 0 Å². The molecule has 0 bridgehead atoms. The zero-order chi connectivity index (χ0) is 13.4. The molecule has 1 aromatic carbocycles. The Labute approximate surface area is 111 Å². The average Bonchev–Trinajstić information content (AvgIpc) is 2.24. The number of rotatable bonds is 2. The van der Waals surface area contributed by atoms with Gasteiger partial charge in [-0.1, -0.05) is 50.6 Å². The van der Waals surface area contributed by atoms with Gasteiger partial charge in [0, 0.05) is 6.42 Å². The van der Waals surface area contributed by atoms with E-state index in [0.717, 1.165) is 25.7 Å². The number of aryl methyl sites for hydroxylation is 1. The van der Waals surface area contributed by atoms with Crippen LogP contribution in [0.2, 0.25) is 0 Å². The van der Waals surface area contributed by atoms with Crippen molar-refractivity contribution in [3.63, 3.8) is 0 Å². The molecule has 1 saturated carbocycles. The Morgan fingerprint density at radius 1 is 1.28 bits per heavy atom. The van der Waals surface area contributed by atoms with Gasteiger partial charge < -0.3 is 5.11 Å². The standard InChI is InChI=1S/C17H26O/c1-13-6-5-7-15(10-13)12-17(18)9-8-16(3,4)11-14(17)2/h5-7,10,14,18H,8-9,11-12H2,1-4H3. The van der Waals surface area contributed by atoms with Crippen LogP contribution in [0.25, 0.3) is 0 Å². The number of hydrogen-bond acceptors (Lipinski definition) is 1. The van der Waals surface area contributed by atoms with E-state index in [1.165, 1.54) is 11.1 Å². The Morgan fingerprint density at radius 2 is 2.00 bits per heavy atom. The Bertz CT molecular complexity index is 421. The van der Waals surface area contributed by atoms with Crippen LogP contribution in [0.15, 0.2) is 24.3 Å². The highest BCUT2D eigenvalue weighted by Crippen LogP contribution is 2.45. The SMILES string of the molecule is Cc1cccc(CC2(O)CCC(C)(C)CC2C)c1. The molecule has 1 aliphatic rings. The predicted molar refractivity (Wildman–Crippen MR) is 76.6 cm³/mol. The lowest BCUT2D eigenvalue weighted by molar-refractivity contribution is -0.0704. The van der Waals surface area contributed by atoms with Crippen LogP contribution >= 0.6 is 0 Å². The highest BCUT2D eigenvalue weighted by atomic mass is 16.3. The van der Waals surface area contributed by atoms with E-state index in [9.17, 15) is 5.11 Å². The topological polar surface area (TPSA) is 20.2 Å². The second kappa shape index (κ2) is 4.70. The molecule has 0 amide bonds. The summed E-state index contributed by atoms with van der Waals surface area (Å²) in [6, 6.07) is 8.54. The number of benzene rings is 1. The first-order chi connectivity index (χ1) is 8.31. The Hall–Kier alpha value is -0.820. The molecule has 18 heavy (non-hydrogen) atoms. The van der Waals surface area contributed by atoms with Crippen LogP contribution < -0.4 is 0 Å². The van der Waals surface area contributed by atoms with Gasteiger partial charge in [-0.2, -0.15) is 0 Å². The summed E-state index contributed by atoms with van der Waals surface area (Å²) in [5.41, 5.74) is 2.42. The molecule has 0 heterocycles. The molecule has 0 radical (unpaired) electrons. The minimum atomic E-state index is -0.511. The molecule has 0 spiro atoms. The normalized spacial score (nSPS) is 31.3. The van der Waals surface area contributed by atoms with Crippen LogP contribution in [0, 0.1) is 18.3 Å². The van der Waals surface area contributed by atoms with Crippen molar-refractivity contribution in [2.75, 3.05) is 0 Å². The lowest BCUT2D eigenvalue weighted by Gasteiger charge is -2.45. The van der Waals surface area contributed by atoms with Crippen molar-refractivity contribution in [1.29, 1.82) is 0 Å². The molecule has 100 valence electrons. The summed E-state index contributed by atoms with van der Waals surface area (Å²) in [5, 5.41) is 10.9. The van der Waals surface area contributed by atoms with Crippen molar-refractivity contribution in [3.05, 3.63) is 35.4 Å². The zero-order valence-electron chi connectivity index (χ0n) is 12.2. The van der Waals surface area contributed by atoms with Crippen molar-refractivity contribution in [3.8, 4) is 0 Å². The second-order valence-electron chi connectivity index (χ2n) is 7.04. The highest BCUT2D eigenvalue weighted by molar-refractivity contribution is 5.24. The summed E-state index contributed by atoms with van der Waals surface area (Å²) in [7, 11) is 0. The first-order valence-corrected chi connectivity index (χ1v) is 7.09. The van der Waals surface area contributed by atoms with Crippen molar-refractivity contribution in [2.45, 2.75) is 59.0 Å². The third-order valence-corrected chi connectivity index (χ3v) is 4.60. The van der Waals surface area contributed by atoms with Crippen LogP contribution in [0.4, 0.5) is 0 Å². The van der Waals surface area contributed by atoms with Crippen LogP contribution in [0.1, 0.15) is 51.2 Å². The van der Waals surface area contributed by atoms with E-state index >= 15 is 0 Å². The first-order valence-electron chi connectivity index (χ1n) is 7.09. The molecule has 1 aromatic rings. The monoisotopic (exact) mass is 246 g/mol. The summed E-state index contributed by atoms with van der Waals surface area (Å²) in [4.78, 5) is 0. The van der Waals surface area contributed by atoms with Gasteiger partial charge in [0.2, 0.25) is 0 Å². The highest BCUT2D eigenvalue weighted by Gasteiger charge is 2.42. The minimum Gasteiger partial charge on any atom is -0.389 e. The maximum atomic E-state index is 10.9. The summed E-state index contributed by atoms with van der Waals surface area (Å²) in [5.74, 6) is 0.377. The van der Waals surface area contributed by atoms with Crippen LogP contribution in [-0.2, 0) is 6.42 Å². The fourth-order valence-corrected chi connectivity index (χ4v) is 3.36. The minimum absolute atomic E-state index is 0.377. The Kier molecular flexibility index (Phi) is 3.55. The second-order valence-corrected chi connectivity index (χ2v) is 7.04. The summed E-state index contributed by atoms with van der Waals surface area (Å²) in [6.45, 7) is 8.95. The van der Waals surface area contributed by atoms with Gasteiger partial charge in [-0.3, -0.25) is 0 Å². The van der Waals surface area contributed by atoms with Gasteiger partial charge in [0.1, 0.15) is 0 Å². The lowest BCUT2D eigenvalue weighted by Crippen LogP contribution is -2.45. The van der Waals surface area contributed by atoms with Gasteiger partial charge in [0.15, 0.2) is 0 Å². The van der Waals surface area contributed by atoms with E-state index in [4.69, 9.17) is 0 Å². The van der Waals surface area contributed by atoms with Crippen molar-refractivity contribution in [1.82, 2.24) is 0 Å². The smallest absolute Gasteiger partial charge is 0.0713 e. The molecule has 1 nitrogen and oxygen atoms in total. The van der Waals surface area contributed by atoms with E-state index < -0.39 is 5.60 Å². The Balaban J connectivity index is 2.13. The molecule has 0 aliphatic heterocycles. The largest absolute Gasteiger partial charge is 0.389 e. The van der Waals surface area contributed by atoms with Gasteiger partial charge in [0.25, 0.3) is 0 Å². The fourth-order valence-electron chi connectivity index (χ4n) is 3.36. The molecular weight excluding hydrogens is 220 g/mol. The van der Waals surface area contributed by atoms with E-state index in [2.05, 4.69) is 52.0 Å². The van der Waals surface area contributed by atoms with Crippen molar-refractivity contribution in [2.24, 2.45) is 11.3 Å². The third-order valence-electron chi connectivity index (χ3n) is 4.60. The first kappa shape index (κ1) is 13.6. The third kappa shape index (κ3) is 2.95. The number of hydrogen-bond donors (Lipinski definition) is 1. The van der Waals surface area contributed by atoms with Gasteiger partial charge in [-0.15, -0.1) is 0 Å². The maximum Gasteiger partial charge on any atom is 0.0713 e. The maximum absolute atomic E-state index is 10.9. The predicted octanol–water partition coefficient (Wildman–Crippen LogP) is 4.11. The molecule has 0 saturated heterocycles. The summed E-state index contributed by atoms with van der Waals surface area (Å²) >= 11 is 0.